The van der Waals surface area contributed by atoms with Crippen LogP contribution in [0.15, 0.2) is 60.7 Å². The van der Waals surface area contributed by atoms with E-state index in [0.29, 0.717) is 25.4 Å². The zero-order chi connectivity index (χ0) is 18.1. The third kappa shape index (κ3) is 6.56. The lowest BCUT2D eigenvalue weighted by Gasteiger charge is -2.21. The molecule has 2 aromatic rings. The zero-order valence-corrected chi connectivity index (χ0v) is 14.9. The molecule has 0 fully saturated rings. The lowest BCUT2D eigenvalue weighted by atomic mass is 10.2. The van der Waals surface area contributed by atoms with E-state index in [0.717, 1.165) is 16.1 Å². The molecular weight excluding hydrogens is 340 g/mol. The third-order valence-corrected chi connectivity index (χ3v) is 4.55. The van der Waals surface area contributed by atoms with Gasteiger partial charge in [0.1, 0.15) is 6.54 Å². The lowest BCUT2D eigenvalue weighted by molar-refractivity contribution is -0.119. The summed E-state index contributed by atoms with van der Waals surface area (Å²) in [7, 11) is -3.54. The van der Waals surface area contributed by atoms with Crippen molar-refractivity contribution >= 4 is 21.6 Å². The van der Waals surface area contributed by atoms with Crippen LogP contribution in [0.2, 0.25) is 0 Å². The van der Waals surface area contributed by atoms with Crippen LogP contribution in [-0.4, -0.2) is 40.3 Å². The highest BCUT2D eigenvalue weighted by Gasteiger charge is 2.20. The fourth-order valence-corrected chi connectivity index (χ4v) is 3.06. The molecule has 7 heteroatoms. The smallest absolute Gasteiger partial charge is 0.240 e. The number of hydrogen-bond acceptors (Lipinski definition) is 4. The largest absolute Gasteiger partial charge is 0.375 e. The topological polar surface area (TPSA) is 75.7 Å². The van der Waals surface area contributed by atoms with Gasteiger partial charge in [-0.1, -0.05) is 48.5 Å². The average Bonchev–Trinajstić information content (AvgIpc) is 2.60. The Bertz CT molecular complexity index is 764. The molecule has 0 radical (unpaired) electrons. The first kappa shape index (κ1) is 19.0. The zero-order valence-electron chi connectivity index (χ0n) is 14.1. The molecule has 25 heavy (non-hydrogen) atoms. The van der Waals surface area contributed by atoms with Gasteiger partial charge in [-0.2, -0.15) is 0 Å². The average molecular weight is 362 g/mol. The highest BCUT2D eigenvalue weighted by Crippen LogP contribution is 2.15. The number of benzene rings is 2. The van der Waals surface area contributed by atoms with Gasteiger partial charge in [-0.05, 0) is 17.7 Å². The molecule has 134 valence electrons. The summed E-state index contributed by atoms with van der Waals surface area (Å²) in [6.07, 6.45) is 1.08. The molecule has 1 amide bonds. The quantitative estimate of drug-likeness (QED) is 0.690. The maximum atomic E-state index is 12.0. The van der Waals surface area contributed by atoms with Gasteiger partial charge in [-0.3, -0.25) is 9.10 Å². The van der Waals surface area contributed by atoms with E-state index in [1.807, 2.05) is 30.3 Å². The Kier molecular flexibility index (Phi) is 6.97. The highest BCUT2D eigenvalue weighted by molar-refractivity contribution is 7.92. The SMILES string of the molecule is CS(=O)(=O)N(CC(=O)NCCOCc1ccccc1)c1ccccc1. The van der Waals surface area contributed by atoms with Gasteiger partial charge in [0.05, 0.1) is 25.2 Å². The molecular formula is C18H22N2O4S. The summed E-state index contributed by atoms with van der Waals surface area (Å²) in [5, 5.41) is 2.67. The summed E-state index contributed by atoms with van der Waals surface area (Å²) < 4.78 is 30.4. The van der Waals surface area contributed by atoms with Gasteiger partial charge in [0, 0.05) is 6.54 Å². The Hall–Kier alpha value is -2.38. The third-order valence-electron chi connectivity index (χ3n) is 3.41. The molecule has 0 saturated carbocycles. The van der Waals surface area contributed by atoms with E-state index in [2.05, 4.69) is 5.32 Å². The molecule has 0 aliphatic heterocycles. The predicted molar refractivity (Wildman–Crippen MR) is 97.7 cm³/mol. The fraction of sp³-hybridized carbons (Fsp3) is 0.278. The Morgan fingerprint density at radius 1 is 1.04 bits per heavy atom. The van der Waals surface area contributed by atoms with Crippen molar-refractivity contribution in [3.63, 3.8) is 0 Å². The van der Waals surface area contributed by atoms with Crippen LogP contribution >= 0.6 is 0 Å². The standard InChI is InChI=1S/C18H22N2O4S/c1-25(22,23)20(17-10-6-3-7-11-17)14-18(21)19-12-13-24-15-16-8-4-2-5-9-16/h2-11H,12-15H2,1H3,(H,19,21). The van der Waals surface area contributed by atoms with Crippen molar-refractivity contribution in [1.29, 1.82) is 0 Å². The number of ether oxygens (including phenoxy) is 1. The Labute approximate surface area is 148 Å². The first-order valence-electron chi connectivity index (χ1n) is 7.88. The molecule has 6 nitrogen and oxygen atoms in total. The molecule has 2 rings (SSSR count). The van der Waals surface area contributed by atoms with Crippen molar-refractivity contribution in [2.45, 2.75) is 6.61 Å². The van der Waals surface area contributed by atoms with Gasteiger partial charge in [-0.25, -0.2) is 8.42 Å². The number of sulfonamides is 1. The number of hydrogen-bond donors (Lipinski definition) is 1. The van der Waals surface area contributed by atoms with Crippen LogP contribution in [-0.2, 0) is 26.2 Å². The molecule has 0 aliphatic rings. The van der Waals surface area contributed by atoms with Crippen LogP contribution in [0, 0.1) is 0 Å². The van der Waals surface area contributed by atoms with Gasteiger partial charge in [0.25, 0.3) is 0 Å². The first-order chi connectivity index (χ1) is 12.0. The molecule has 0 atom stereocenters. The van der Waals surface area contributed by atoms with Crippen LogP contribution in [0.4, 0.5) is 5.69 Å². The highest BCUT2D eigenvalue weighted by atomic mass is 32.2. The van der Waals surface area contributed by atoms with E-state index in [1.165, 1.54) is 0 Å². The van der Waals surface area contributed by atoms with E-state index in [1.54, 1.807) is 30.3 Å². The number of nitrogens with one attached hydrogen (secondary N) is 1. The molecule has 0 unspecified atom stereocenters. The number of anilines is 1. The van der Waals surface area contributed by atoms with Crippen molar-refractivity contribution in [2.75, 3.05) is 30.3 Å². The van der Waals surface area contributed by atoms with Crippen LogP contribution in [0.1, 0.15) is 5.56 Å². The van der Waals surface area contributed by atoms with Crippen LogP contribution in [0.3, 0.4) is 0 Å². The maximum absolute atomic E-state index is 12.0. The summed E-state index contributed by atoms with van der Waals surface area (Å²) in [6, 6.07) is 18.3. The summed E-state index contributed by atoms with van der Waals surface area (Å²) in [5.74, 6) is -0.377. The summed E-state index contributed by atoms with van der Waals surface area (Å²) in [6.45, 7) is 0.876. The van der Waals surface area contributed by atoms with Crippen molar-refractivity contribution in [2.24, 2.45) is 0 Å². The predicted octanol–water partition coefficient (Wildman–Crippen LogP) is 1.79. The van der Waals surface area contributed by atoms with Crippen LogP contribution < -0.4 is 9.62 Å². The van der Waals surface area contributed by atoms with Crippen molar-refractivity contribution in [3.8, 4) is 0 Å². The number of para-hydroxylation sites is 1. The maximum Gasteiger partial charge on any atom is 0.240 e. The minimum Gasteiger partial charge on any atom is -0.375 e. The summed E-state index contributed by atoms with van der Waals surface area (Å²) in [5.41, 5.74) is 1.52. The van der Waals surface area contributed by atoms with Crippen LogP contribution in [0.25, 0.3) is 0 Å². The van der Waals surface area contributed by atoms with E-state index < -0.39 is 10.0 Å². The second kappa shape index (κ2) is 9.19. The van der Waals surface area contributed by atoms with Crippen LogP contribution in [0.5, 0.6) is 0 Å². The lowest BCUT2D eigenvalue weighted by Crippen LogP contribution is -2.41. The Balaban J connectivity index is 1.78. The number of carbonyl (C=O) groups is 1. The van der Waals surface area contributed by atoms with Crippen molar-refractivity contribution in [3.05, 3.63) is 66.2 Å². The molecule has 0 spiro atoms. The number of rotatable bonds is 9. The fourth-order valence-electron chi connectivity index (χ4n) is 2.21. The van der Waals surface area contributed by atoms with Gasteiger partial charge in [0.2, 0.25) is 15.9 Å². The van der Waals surface area contributed by atoms with Crippen molar-refractivity contribution < 1.29 is 17.9 Å². The molecule has 1 N–H and O–H groups in total. The van der Waals surface area contributed by atoms with E-state index in [-0.39, 0.29) is 12.5 Å². The van der Waals surface area contributed by atoms with E-state index >= 15 is 0 Å². The first-order valence-corrected chi connectivity index (χ1v) is 9.73. The molecule has 0 aliphatic carbocycles. The second-order valence-electron chi connectivity index (χ2n) is 5.49. The van der Waals surface area contributed by atoms with Gasteiger partial charge >= 0.3 is 0 Å². The van der Waals surface area contributed by atoms with Gasteiger partial charge < -0.3 is 10.1 Å². The van der Waals surface area contributed by atoms with E-state index in [4.69, 9.17) is 4.74 Å². The monoisotopic (exact) mass is 362 g/mol. The molecule has 0 saturated heterocycles. The molecule has 0 aromatic heterocycles. The van der Waals surface area contributed by atoms with E-state index in [9.17, 15) is 13.2 Å². The number of amides is 1. The molecule has 0 bridgehead atoms. The number of carbonyl (C=O) groups excluding carboxylic acids is 1. The van der Waals surface area contributed by atoms with Gasteiger partial charge in [-0.15, -0.1) is 0 Å². The Morgan fingerprint density at radius 2 is 1.64 bits per heavy atom. The minimum atomic E-state index is -3.54. The van der Waals surface area contributed by atoms with Gasteiger partial charge in [0.15, 0.2) is 0 Å². The number of nitrogens with zero attached hydrogens (tertiary/aromatic N) is 1. The van der Waals surface area contributed by atoms with Crippen molar-refractivity contribution in [1.82, 2.24) is 5.32 Å². The normalized spacial score (nSPS) is 11.1. The summed E-state index contributed by atoms with van der Waals surface area (Å²) >= 11 is 0. The molecule has 2 aromatic carbocycles. The minimum absolute atomic E-state index is 0.262. The summed E-state index contributed by atoms with van der Waals surface area (Å²) in [4.78, 5) is 12.0. The second-order valence-corrected chi connectivity index (χ2v) is 7.40. The Morgan fingerprint density at radius 3 is 2.24 bits per heavy atom. The molecule has 0 heterocycles.